The van der Waals surface area contributed by atoms with Crippen molar-refractivity contribution < 1.29 is 0 Å². The summed E-state index contributed by atoms with van der Waals surface area (Å²) in [7, 11) is 0. The molecule has 0 bridgehead atoms. The summed E-state index contributed by atoms with van der Waals surface area (Å²) in [5.74, 6) is 1.35. The second-order valence-corrected chi connectivity index (χ2v) is 4.80. The Balaban J connectivity index is 1.67. The molecule has 6 nitrogen and oxygen atoms in total. The molecule has 96 valence electrons. The van der Waals surface area contributed by atoms with Crippen LogP contribution in [-0.2, 0) is 0 Å². The molecule has 18 heavy (non-hydrogen) atoms. The number of halogens is 1. The van der Waals surface area contributed by atoms with Gasteiger partial charge in [-0.3, -0.25) is 0 Å². The Hall–Kier alpha value is -1.40. The Morgan fingerprint density at radius 2 is 2.17 bits per heavy atom. The van der Waals surface area contributed by atoms with Crippen LogP contribution in [0, 0.1) is 0 Å². The van der Waals surface area contributed by atoms with E-state index in [1.165, 1.54) is 32.3 Å². The Labute approximate surface area is 110 Å². The van der Waals surface area contributed by atoms with E-state index in [4.69, 9.17) is 11.6 Å². The molecule has 0 aromatic carbocycles. The summed E-state index contributed by atoms with van der Waals surface area (Å²) in [6.45, 7) is 4.32. The van der Waals surface area contributed by atoms with Gasteiger partial charge in [0.15, 0.2) is 0 Å². The van der Waals surface area contributed by atoms with Crippen LogP contribution in [-0.4, -0.2) is 50.7 Å². The average molecular weight is 267 g/mol. The average Bonchev–Trinajstić information content (AvgIpc) is 2.98. The van der Waals surface area contributed by atoms with Gasteiger partial charge in [-0.1, -0.05) is 11.6 Å². The quantitative estimate of drug-likeness (QED) is 0.845. The van der Waals surface area contributed by atoms with Gasteiger partial charge in [0.25, 0.3) is 5.78 Å². The van der Waals surface area contributed by atoms with Gasteiger partial charge >= 0.3 is 0 Å². The minimum Gasteiger partial charge on any atom is -0.369 e. The van der Waals surface area contributed by atoms with Crippen LogP contribution in [0.2, 0.25) is 5.15 Å². The lowest BCUT2D eigenvalue weighted by atomic mass is 10.4. The van der Waals surface area contributed by atoms with Crippen LogP contribution in [0.4, 0.5) is 5.82 Å². The second-order valence-electron chi connectivity index (χ2n) is 4.41. The number of nitrogens with zero attached hydrogens (tertiary/aromatic N) is 5. The first-order chi connectivity index (χ1) is 8.83. The highest BCUT2D eigenvalue weighted by atomic mass is 35.5. The summed E-state index contributed by atoms with van der Waals surface area (Å²) in [6.07, 6.45) is 4.10. The van der Waals surface area contributed by atoms with Gasteiger partial charge in [-0.05, 0) is 25.9 Å². The van der Waals surface area contributed by atoms with Crippen molar-refractivity contribution in [1.29, 1.82) is 0 Å². The van der Waals surface area contributed by atoms with E-state index in [0.717, 1.165) is 18.9 Å². The highest BCUT2D eigenvalue weighted by Gasteiger charge is 2.11. The molecule has 1 aliphatic rings. The van der Waals surface area contributed by atoms with E-state index in [1.807, 2.05) is 0 Å². The minimum atomic E-state index is 0.430. The van der Waals surface area contributed by atoms with Crippen LogP contribution in [0.1, 0.15) is 12.8 Å². The first kappa shape index (κ1) is 11.7. The summed E-state index contributed by atoms with van der Waals surface area (Å²) in [5, 5.41) is 7.88. The largest absolute Gasteiger partial charge is 0.369 e. The molecule has 1 aliphatic heterocycles. The van der Waals surface area contributed by atoms with Crippen LogP contribution >= 0.6 is 11.6 Å². The minimum absolute atomic E-state index is 0.430. The standard InChI is InChI=1S/C11H15ClN6/c12-9-7-10(18-11(16-9)14-8-15-18)13-3-6-17-4-1-2-5-17/h7-8,13H,1-6H2. The molecule has 1 saturated heterocycles. The number of anilines is 1. The van der Waals surface area contributed by atoms with E-state index >= 15 is 0 Å². The summed E-state index contributed by atoms with van der Waals surface area (Å²) >= 11 is 5.94. The molecule has 3 heterocycles. The lowest BCUT2D eigenvalue weighted by molar-refractivity contribution is 0.352. The number of nitrogens with one attached hydrogen (secondary N) is 1. The number of rotatable bonds is 4. The predicted octanol–water partition coefficient (Wildman–Crippen LogP) is 1.29. The molecular weight excluding hydrogens is 252 g/mol. The fourth-order valence-corrected chi connectivity index (χ4v) is 2.44. The lowest BCUT2D eigenvalue weighted by Gasteiger charge is -2.15. The third kappa shape index (κ3) is 2.39. The van der Waals surface area contributed by atoms with E-state index in [-0.39, 0.29) is 0 Å². The van der Waals surface area contributed by atoms with Gasteiger partial charge in [-0.2, -0.15) is 19.6 Å². The maximum absolute atomic E-state index is 5.94. The Morgan fingerprint density at radius 3 is 3.00 bits per heavy atom. The van der Waals surface area contributed by atoms with Crippen molar-refractivity contribution in [3.63, 3.8) is 0 Å². The van der Waals surface area contributed by atoms with Crippen molar-refractivity contribution in [3.8, 4) is 0 Å². The van der Waals surface area contributed by atoms with Crippen LogP contribution in [0.15, 0.2) is 12.4 Å². The van der Waals surface area contributed by atoms with E-state index in [2.05, 4.69) is 25.3 Å². The van der Waals surface area contributed by atoms with Crippen molar-refractivity contribution in [2.24, 2.45) is 0 Å². The smallest absolute Gasteiger partial charge is 0.255 e. The van der Waals surface area contributed by atoms with Crippen molar-refractivity contribution >= 4 is 23.2 Å². The molecule has 0 saturated carbocycles. The lowest BCUT2D eigenvalue weighted by Crippen LogP contribution is -2.26. The fraction of sp³-hybridized carbons (Fsp3) is 0.545. The van der Waals surface area contributed by atoms with Gasteiger partial charge in [-0.25, -0.2) is 0 Å². The zero-order valence-corrected chi connectivity index (χ0v) is 10.8. The summed E-state index contributed by atoms with van der Waals surface area (Å²) in [6, 6.07) is 1.77. The van der Waals surface area contributed by atoms with E-state index < -0.39 is 0 Å². The molecule has 2 aromatic heterocycles. The SMILES string of the molecule is Clc1cc(NCCN2CCCC2)n2ncnc2n1. The zero-order valence-electron chi connectivity index (χ0n) is 10.0. The van der Waals surface area contributed by atoms with E-state index in [1.54, 1.807) is 10.6 Å². The highest BCUT2D eigenvalue weighted by molar-refractivity contribution is 6.29. The van der Waals surface area contributed by atoms with Crippen LogP contribution < -0.4 is 5.32 Å². The summed E-state index contributed by atoms with van der Waals surface area (Å²) in [4.78, 5) is 10.6. The Kier molecular flexibility index (Phi) is 3.29. The highest BCUT2D eigenvalue weighted by Crippen LogP contribution is 2.14. The Morgan fingerprint density at radius 1 is 1.33 bits per heavy atom. The van der Waals surface area contributed by atoms with Gasteiger partial charge in [0.05, 0.1) is 0 Å². The number of likely N-dealkylation sites (tertiary alicyclic amines) is 1. The maximum atomic E-state index is 5.94. The second kappa shape index (κ2) is 5.07. The van der Waals surface area contributed by atoms with Gasteiger partial charge in [0.1, 0.15) is 17.3 Å². The van der Waals surface area contributed by atoms with Crippen molar-refractivity contribution in [2.75, 3.05) is 31.5 Å². The summed E-state index contributed by atoms with van der Waals surface area (Å²) < 4.78 is 1.66. The molecule has 0 amide bonds. The van der Waals surface area contributed by atoms with Crippen molar-refractivity contribution in [2.45, 2.75) is 12.8 Å². The number of hydrogen-bond acceptors (Lipinski definition) is 5. The maximum Gasteiger partial charge on any atom is 0.255 e. The number of hydrogen-bond donors (Lipinski definition) is 1. The summed E-state index contributed by atoms with van der Waals surface area (Å²) in [5.41, 5.74) is 0. The molecule has 0 unspecified atom stereocenters. The fourth-order valence-electron chi connectivity index (χ4n) is 2.26. The van der Waals surface area contributed by atoms with E-state index in [9.17, 15) is 0 Å². The van der Waals surface area contributed by atoms with Gasteiger partial charge in [0.2, 0.25) is 0 Å². The topological polar surface area (TPSA) is 58.4 Å². The van der Waals surface area contributed by atoms with Crippen LogP contribution in [0.25, 0.3) is 5.78 Å². The molecule has 1 N–H and O–H groups in total. The normalized spacial score (nSPS) is 16.5. The van der Waals surface area contributed by atoms with Crippen LogP contribution in [0.5, 0.6) is 0 Å². The first-order valence-corrected chi connectivity index (χ1v) is 6.53. The van der Waals surface area contributed by atoms with E-state index in [0.29, 0.717) is 10.9 Å². The molecule has 0 spiro atoms. The molecule has 0 radical (unpaired) electrons. The van der Waals surface area contributed by atoms with Gasteiger partial charge in [-0.15, -0.1) is 0 Å². The number of fused-ring (bicyclic) bond motifs is 1. The third-order valence-corrected chi connectivity index (χ3v) is 3.35. The van der Waals surface area contributed by atoms with Gasteiger partial charge in [0, 0.05) is 19.2 Å². The number of aromatic nitrogens is 4. The molecule has 0 atom stereocenters. The van der Waals surface area contributed by atoms with Gasteiger partial charge < -0.3 is 10.2 Å². The molecule has 1 fully saturated rings. The first-order valence-electron chi connectivity index (χ1n) is 6.15. The predicted molar refractivity (Wildman–Crippen MR) is 70.0 cm³/mol. The molecule has 0 aliphatic carbocycles. The zero-order chi connectivity index (χ0) is 12.4. The Bertz CT molecular complexity index is 533. The third-order valence-electron chi connectivity index (χ3n) is 3.15. The van der Waals surface area contributed by atoms with Crippen molar-refractivity contribution in [1.82, 2.24) is 24.5 Å². The molecule has 3 rings (SSSR count). The molecule has 7 heteroatoms. The van der Waals surface area contributed by atoms with Crippen molar-refractivity contribution in [3.05, 3.63) is 17.5 Å². The molecular formula is C11H15ClN6. The monoisotopic (exact) mass is 266 g/mol. The molecule has 2 aromatic rings. The van der Waals surface area contributed by atoms with Crippen LogP contribution in [0.3, 0.4) is 0 Å².